The fourth-order valence-corrected chi connectivity index (χ4v) is 2.06. The van der Waals surface area contributed by atoms with Crippen molar-refractivity contribution in [2.45, 2.75) is 12.5 Å². The summed E-state index contributed by atoms with van der Waals surface area (Å²) < 4.78 is 18.8. The van der Waals surface area contributed by atoms with E-state index < -0.39 is 23.8 Å². The molecular weight excluding hydrogens is 235 g/mol. The molecule has 2 atom stereocenters. The second-order valence-corrected chi connectivity index (χ2v) is 4.13. The highest BCUT2D eigenvalue weighted by atomic mass is 35.5. The summed E-state index contributed by atoms with van der Waals surface area (Å²) >= 11 is 5.75. The van der Waals surface area contributed by atoms with Crippen molar-refractivity contribution in [3.05, 3.63) is 34.6 Å². The quantitative estimate of drug-likeness (QED) is 0.870. The van der Waals surface area contributed by atoms with Crippen molar-refractivity contribution >= 4 is 17.6 Å². The lowest BCUT2D eigenvalue weighted by Crippen LogP contribution is -2.18. The van der Waals surface area contributed by atoms with E-state index in [1.807, 2.05) is 0 Å². The molecule has 0 aromatic heterocycles. The maximum absolute atomic E-state index is 13.5. The molecule has 0 bridgehead atoms. The number of aliphatic carboxylic acids is 1. The van der Waals surface area contributed by atoms with E-state index in [0.717, 1.165) is 0 Å². The smallest absolute Gasteiger partial charge is 0.309 e. The number of hydrogen-bond donors (Lipinski definition) is 1. The maximum atomic E-state index is 13.5. The van der Waals surface area contributed by atoms with Gasteiger partial charge in [0.2, 0.25) is 0 Å². The Hall–Kier alpha value is -1.13. The van der Waals surface area contributed by atoms with Gasteiger partial charge in [0.25, 0.3) is 0 Å². The van der Waals surface area contributed by atoms with Gasteiger partial charge in [-0.15, -0.1) is 0 Å². The van der Waals surface area contributed by atoms with Gasteiger partial charge in [-0.05, 0) is 24.6 Å². The molecule has 1 aromatic carbocycles. The summed E-state index contributed by atoms with van der Waals surface area (Å²) in [6, 6.07) is 4.06. The van der Waals surface area contributed by atoms with E-state index in [0.29, 0.717) is 18.1 Å². The Morgan fingerprint density at radius 3 is 3.00 bits per heavy atom. The molecule has 3 nitrogen and oxygen atoms in total. The highest BCUT2D eigenvalue weighted by Gasteiger charge is 2.36. The number of benzene rings is 1. The third kappa shape index (κ3) is 2.03. The molecule has 16 heavy (non-hydrogen) atoms. The predicted molar refractivity (Wildman–Crippen MR) is 55.8 cm³/mol. The van der Waals surface area contributed by atoms with E-state index in [4.69, 9.17) is 21.4 Å². The summed E-state index contributed by atoms with van der Waals surface area (Å²) in [5.41, 5.74) is 0.220. The van der Waals surface area contributed by atoms with Gasteiger partial charge in [0.15, 0.2) is 0 Å². The number of carboxylic acids is 1. The lowest BCUT2D eigenvalue weighted by molar-refractivity contribution is -0.143. The first-order valence-corrected chi connectivity index (χ1v) is 5.27. The zero-order valence-corrected chi connectivity index (χ0v) is 9.08. The van der Waals surface area contributed by atoms with Gasteiger partial charge in [-0.2, -0.15) is 0 Å². The zero-order chi connectivity index (χ0) is 11.7. The Kier molecular flexibility index (Phi) is 3.12. The van der Waals surface area contributed by atoms with E-state index in [-0.39, 0.29) is 5.56 Å². The summed E-state index contributed by atoms with van der Waals surface area (Å²) in [5.74, 6) is -2.16. The van der Waals surface area contributed by atoms with E-state index in [9.17, 15) is 9.18 Å². The predicted octanol–water partition coefficient (Wildman–Crippen LogP) is 2.64. The van der Waals surface area contributed by atoms with Gasteiger partial charge in [0, 0.05) is 17.2 Å². The number of carbonyl (C=O) groups is 1. The average molecular weight is 245 g/mol. The molecule has 0 saturated carbocycles. The first-order chi connectivity index (χ1) is 7.59. The van der Waals surface area contributed by atoms with Crippen LogP contribution in [0.3, 0.4) is 0 Å². The Morgan fingerprint density at radius 1 is 1.56 bits per heavy atom. The molecule has 0 amide bonds. The average Bonchev–Trinajstić information content (AvgIpc) is 2.70. The minimum atomic E-state index is -0.970. The van der Waals surface area contributed by atoms with Crippen LogP contribution in [0.25, 0.3) is 0 Å². The fraction of sp³-hybridized carbons (Fsp3) is 0.364. The standard InChI is InChI=1S/C11H10ClFO3/c12-6-1-2-9(13)8(5-6)10-7(11(14)15)3-4-16-10/h1-2,5,7,10H,3-4H2,(H,14,15). The second-order valence-electron chi connectivity index (χ2n) is 3.69. The zero-order valence-electron chi connectivity index (χ0n) is 8.32. The van der Waals surface area contributed by atoms with Crippen molar-refractivity contribution < 1.29 is 19.0 Å². The number of carboxylic acid groups (broad SMARTS) is 1. The molecule has 1 saturated heterocycles. The molecule has 86 valence electrons. The normalized spacial score (nSPS) is 24.6. The summed E-state index contributed by atoms with van der Waals surface area (Å²) in [7, 11) is 0. The lowest BCUT2D eigenvalue weighted by Gasteiger charge is -2.16. The number of ether oxygens (including phenoxy) is 1. The molecule has 1 N–H and O–H groups in total. The number of hydrogen-bond acceptors (Lipinski definition) is 2. The molecule has 1 fully saturated rings. The molecule has 2 rings (SSSR count). The first kappa shape index (κ1) is 11.4. The monoisotopic (exact) mass is 244 g/mol. The maximum Gasteiger partial charge on any atom is 0.309 e. The van der Waals surface area contributed by atoms with Gasteiger partial charge in [-0.1, -0.05) is 11.6 Å². The highest BCUT2D eigenvalue weighted by molar-refractivity contribution is 6.30. The van der Waals surface area contributed by atoms with Crippen LogP contribution < -0.4 is 0 Å². The minimum absolute atomic E-state index is 0.220. The summed E-state index contributed by atoms with van der Waals surface area (Å²) in [6.45, 7) is 0.327. The second kappa shape index (κ2) is 4.39. The Labute approximate surface area is 96.8 Å². The molecule has 1 aliphatic rings. The fourth-order valence-electron chi connectivity index (χ4n) is 1.88. The molecule has 1 aromatic rings. The summed E-state index contributed by atoms with van der Waals surface area (Å²) in [4.78, 5) is 10.9. The summed E-state index contributed by atoms with van der Waals surface area (Å²) in [5, 5.41) is 9.34. The van der Waals surface area contributed by atoms with Crippen LogP contribution in [0, 0.1) is 11.7 Å². The van der Waals surface area contributed by atoms with Gasteiger partial charge >= 0.3 is 5.97 Å². The first-order valence-electron chi connectivity index (χ1n) is 4.89. The van der Waals surface area contributed by atoms with Crippen molar-refractivity contribution in [1.82, 2.24) is 0 Å². The van der Waals surface area contributed by atoms with Crippen LogP contribution in [-0.4, -0.2) is 17.7 Å². The van der Waals surface area contributed by atoms with Crippen molar-refractivity contribution in [2.24, 2.45) is 5.92 Å². The molecule has 0 radical (unpaired) electrons. The molecular formula is C11H10ClFO3. The van der Waals surface area contributed by atoms with Gasteiger partial charge < -0.3 is 9.84 Å². The van der Waals surface area contributed by atoms with Crippen molar-refractivity contribution in [3.8, 4) is 0 Å². The SMILES string of the molecule is O=C(O)C1CCOC1c1cc(Cl)ccc1F. The Bertz CT molecular complexity index is 422. The van der Waals surface area contributed by atoms with E-state index in [2.05, 4.69) is 0 Å². The van der Waals surface area contributed by atoms with Gasteiger partial charge in [-0.25, -0.2) is 4.39 Å². The van der Waals surface area contributed by atoms with Crippen molar-refractivity contribution in [2.75, 3.05) is 6.61 Å². The van der Waals surface area contributed by atoms with Gasteiger partial charge in [0.1, 0.15) is 5.82 Å². The van der Waals surface area contributed by atoms with Crippen LogP contribution in [0.5, 0.6) is 0 Å². The Morgan fingerprint density at radius 2 is 2.31 bits per heavy atom. The van der Waals surface area contributed by atoms with E-state index >= 15 is 0 Å². The van der Waals surface area contributed by atoms with Crippen LogP contribution in [0.2, 0.25) is 5.02 Å². The lowest BCUT2D eigenvalue weighted by atomic mass is 9.95. The summed E-state index contributed by atoms with van der Waals surface area (Å²) in [6.07, 6.45) is -0.345. The van der Waals surface area contributed by atoms with Gasteiger partial charge in [0.05, 0.1) is 12.0 Å². The van der Waals surface area contributed by atoms with Crippen molar-refractivity contribution in [1.29, 1.82) is 0 Å². The highest BCUT2D eigenvalue weighted by Crippen LogP contribution is 2.36. The minimum Gasteiger partial charge on any atom is -0.481 e. The van der Waals surface area contributed by atoms with Crippen LogP contribution in [0.15, 0.2) is 18.2 Å². The number of halogens is 2. The van der Waals surface area contributed by atoms with Gasteiger partial charge in [-0.3, -0.25) is 4.79 Å². The third-order valence-electron chi connectivity index (χ3n) is 2.67. The third-order valence-corrected chi connectivity index (χ3v) is 2.91. The van der Waals surface area contributed by atoms with Crippen LogP contribution in [-0.2, 0) is 9.53 Å². The molecule has 0 spiro atoms. The Balaban J connectivity index is 2.35. The topological polar surface area (TPSA) is 46.5 Å². The van der Waals surface area contributed by atoms with Crippen LogP contribution in [0.1, 0.15) is 18.1 Å². The molecule has 2 unspecified atom stereocenters. The van der Waals surface area contributed by atoms with Crippen LogP contribution in [0.4, 0.5) is 4.39 Å². The molecule has 1 aliphatic heterocycles. The van der Waals surface area contributed by atoms with E-state index in [1.54, 1.807) is 0 Å². The van der Waals surface area contributed by atoms with Crippen molar-refractivity contribution in [3.63, 3.8) is 0 Å². The number of rotatable bonds is 2. The largest absolute Gasteiger partial charge is 0.481 e. The van der Waals surface area contributed by atoms with E-state index in [1.165, 1.54) is 18.2 Å². The molecule has 0 aliphatic carbocycles. The molecule has 1 heterocycles. The molecule has 5 heteroatoms. The van der Waals surface area contributed by atoms with Crippen LogP contribution >= 0.6 is 11.6 Å².